The van der Waals surface area contributed by atoms with Gasteiger partial charge in [-0.25, -0.2) is 0 Å². The minimum absolute atomic E-state index is 0.0720. The number of aromatic nitrogens is 1. The number of phenols is 1. The molecule has 1 aliphatic heterocycles. The summed E-state index contributed by atoms with van der Waals surface area (Å²) in [5.74, 6) is -0.322. The van der Waals surface area contributed by atoms with E-state index in [1.165, 1.54) is 30.6 Å². The Morgan fingerprint density at radius 3 is 2.65 bits per heavy atom. The van der Waals surface area contributed by atoms with Crippen LogP contribution in [0, 0.1) is 0 Å². The third-order valence-electron chi connectivity index (χ3n) is 3.93. The van der Waals surface area contributed by atoms with Gasteiger partial charge in [0.2, 0.25) is 11.4 Å². The highest BCUT2D eigenvalue weighted by atomic mass is 35.5. The molecular weight excluding hydrogens is 404 g/mol. The van der Waals surface area contributed by atoms with Crippen molar-refractivity contribution in [3.63, 3.8) is 0 Å². The molecule has 8 nitrogen and oxygen atoms in total. The van der Waals surface area contributed by atoms with Gasteiger partial charge in [-0.1, -0.05) is 17.7 Å². The van der Waals surface area contributed by atoms with Gasteiger partial charge < -0.3 is 20.0 Å². The van der Waals surface area contributed by atoms with Gasteiger partial charge in [0.1, 0.15) is 5.75 Å². The molecule has 2 aromatic rings. The van der Waals surface area contributed by atoms with Crippen molar-refractivity contribution in [2.75, 3.05) is 0 Å². The van der Waals surface area contributed by atoms with E-state index in [4.69, 9.17) is 20.6 Å². The van der Waals surface area contributed by atoms with E-state index >= 15 is 0 Å². The molecule has 140 valence electrons. The zero-order valence-electron chi connectivity index (χ0n) is 13.3. The van der Waals surface area contributed by atoms with Crippen molar-refractivity contribution < 1.29 is 33.6 Å². The van der Waals surface area contributed by atoms with Gasteiger partial charge >= 0.3 is 7.60 Å². The van der Waals surface area contributed by atoms with Gasteiger partial charge in [0.05, 0.1) is 5.56 Å². The summed E-state index contributed by atoms with van der Waals surface area (Å²) in [5.41, 5.74) is 0.305. The van der Waals surface area contributed by atoms with Crippen molar-refractivity contribution in [3.8, 4) is 5.75 Å². The summed E-state index contributed by atoms with van der Waals surface area (Å²) in [4.78, 5) is 24.9. The van der Waals surface area contributed by atoms with Gasteiger partial charge in [-0.15, -0.1) is 0 Å². The fourth-order valence-electron chi connectivity index (χ4n) is 2.50. The van der Waals surface area contributed by atoms with Gasteiger partial charge in [0.15, 0.2) is 7.34 Å². The predicted molar refractivity (Wildman–Crippen MR) is 97.0 cm³/mol. The fourth-order valence-corrected chi connectivity index (χ4v) is 6.65. The number of hydrogen-bond acceptors (Lipinski definition) is 7. The molecule has 4 N–H and O–H groups in total. The van der Waals surface area contributed by atoms with Gasteiger partial charge in [-0.05, 0) is 36.1 Å². The Bertz CT molecular complexity index is 897. The molecule has 0 saturated carbocycles. The maximum absolute atomic E-state index is 12.8. The van der Waals surface area contributed by atoms with Crippen LogP contribution in [0.2, 0.25) is 5.02 Å². The van der Waals surface area contributed by atoms with Crippen LogP contribution in [-0.4, -0.2) is 36.4 Å². The Morgan fingerprint density at radius 2 is 2.04 bits per heavy atom. The van der Waals surface area contributed by atoms with Crippen molar-refractivity contribution in [2.24, 2.45) is 0 Å². The smallest absolute Gasteiger partial charge is 0.371 e. The molecule has 1 aromatic carbocycles. The largest absolute Gasteiger partial charge is 0.507 e. The molecule has 1 fully saturated rings. The summed E-state index contributed by atoms with van der Waals surface area (Å²) in [6.45, 7) is 0. The standard InChI is InChI=1S/C15H16ClNO7P2/c1-25(20)15(19,8-10-3-2-6-17-9-10)26(21,22)24-14(23-25)12-7-11(16)4-5-13(12)18/h2-7,9,14,18-20H,1,8H2,(H,21,22). The lowest BCUT2D eigenvalue weighted by molar-refractivity contribution is -0.0483. The van der Waals surface area contributed by atoms with Crippen molar-refractivity contribution in [2.45, 2.75) is 17.8 Å². The first-order valence-electron chi connectivity index (χ1n) is 7.31. The summed E-state index contributed by atoms with van der Waals surface area (Å²) < 4.78 is 23.2. The monoisotopic (exact) mass is 419 g/mol. The quantitative estimate of drug-likeness (QED) is 0.559. The fraction of sp³-hybridized carbons (Fsp3) is 0.200. The second-order valence-corrected chi connectivity index (χ2v) is 10.9. The maximum atomic E-state index is 12.8. The lowest BCUT2D eigenvalue weighted by atomic mass is 10.2. The number of nitrogens with zero attached hydrogens (tertiary/aromatic N) is 1. The lowest BCUT2D eigenvalue weighted by Crippen LogP contribution is -2.38. The van der Waals surface area contributed by atoms with Crippen LogP contribution in [-0.2, 0) is 20.0 Å². The summed E-state index contributed by atoms with van der Waals surface area (Å²) in [6.07, 6.45) is 4.22. The summed E-state index contributed by atoms with van der Waals surface area (Å²) in [7, 11) is -8.98. The number of benzene rings is 1. The number of aromatic hydroxyl groups is 1. The van der Waals surface area contributed by atoms with E-state index in [2.05, 4.69) is 11.3 Å². The Morgan fingerprint density at radius 1 is 1.31 bits per heavy atom. The maximum Gasteiger partial charge on any atom is 0.371 e. The van der Waals surface area contributed by atoms with Crippen LogP contribution in [0.1, 0.15) is 17.4 Å². The molecule has 0 amide bonds. The van der Waals surface area contributed by atoms with E-state index in [0.717, 1.165) is 0 Å². The number of aliphatic hydroxyl groups is 1. The van der Waals surface area contributed by atoms with Gasteiger partial charge in [-0.3, -0.25) is 18.6 Å². The highest BCUT2D eigenvalue weighted by Crippen LogP contribution is 2.79. The Kier molecular flexibility index (Phi) is 5.07. The molecule has 4 atom stereocenters. The highest BCUT2D eigenvalue weighted by molar-refractivity contribution is 7.78. The van der Waals surface area contributed by atoms with Crippen LogP contribution in [0.5, 0.6) is 5.75 Å². The number of phenolic OH excluding ortho intramolecular Hbond substituents is 1. The number of rotatable bonds is 3. The minimum atomic E-state index is -4.87. The van der Waals surface area contributed by atoms with Gasteiger partial charge in [-0.2, -0.15) is 0 Å². The van der Waals surface area contributed by atoms with E-state index in [1.54, 1.807) is 12.1 Å². The molecule has 4 unspecified atom stereocenters. The molecular formula is C15H16ClNO7P2. The number of halogens is 1. The van der Waals surface area contributed by atoms with Crippen LogP contribution >= 0.6 is 26.5 Å². The Labute approximate surface area is 154 Å². The van der Waals surface area contributed by atoms with Crippen LogP contribution in [0.4, 0.5) is 0 Å². The SMILES string of the molecule is C=P1(O)OC(c2cc(Cl)ccc2O)OP(=O)(O)C1(O)Cc1cccnc1. The van der Waals surface area contributed by atoms with Crippen LogP contribution < -0.4 is 0 Å². The number of hydrogen-bond donors (Lipinski definition) is 4. The first-order chi connectivity index (χ1) is 12.1. The molecule has 11 heteroatoms. The molecule has 0 radical (unpaired) electrons. The third kappa shape index (κ3) is 3.36. The normalized spacial score (nSPS) is 34.5. The third-order valence-corrected chi connectivity index (χ3v) is 9.22. The molecule has 0 aliphatic carbocycles. The van der Waals surface area contributed by atoms with E-state index in [0.29, 0.717) is 5.56 Å². The van der Waals surface area contributed by atoms with E-state index in [1.807, 2.05) is 0 Å². The van der Waals surface area contributed by atoms with E-state index in [-0.39, 0.29) is 16.3 Å². The van der Waals surface area contributed by atoms with Gasteiger partial charge in [0.25, 0.3) is 0 Å². The summed E-state index contributed by atoms with van der Waals surface area (Å²) in [5, 5.41) is 18.3. The second-order valence-electron chi connectivity index (χ2n) is 5.78. The van der Waals surface area contributed by atoms with E-state index < -0.39 is 32.7 Å². The van der Waals surface area contributed by atoms with Crippen molar-refractivity contribution in [1.29, 1.82) is 0 Å². The van der Waals surface area contributed by atoms with Crippen LogP contribution in [0.3, 0.4) is 0 Å². The average Bonchev–Trinajstić information content (AvgIpc) is 2.55. The molecule has 1 aromatic heterocycles. The van der Waals surface area contributed by atoms with E-state index in [9.17, 15) is 24.6 Å². The summed E-state index contributed by atoms with van der Waals surface area (Å²) in [6, 6.07) is 7.02. The lowest BCUT2D eigenvalue weighted by Gasteiger charge is -2.45. The van der Waals surface area contributed by atoms with Crippen molar-refractivity contribution in [3.05, 3.63) is 58.9 Å². The highest BCUT2D eigenvalue weighted by Gasteiger charge is 2.62. The minimum Gasteiger partial charge on any atom is -0.507 e. The zero-order chi connectivity index (χ0) is 19.2. The molecule has 2 heterocycles. The average molecular weight is 420 g/mol. The molecule has 1 saturated heterocycles. The first kappa shape index (κ1) is 19.5. The molecule has 3 rings (SSSR count). The van der Waals surface area contributed by atoms with Crippen molar-refractivity contribution >= 4 is 32.8 Å². The predicted octanol–water partition coefficient (Wildman–Crippen LogP) is 2.83. The Balaban J connectivity index is 2.01. The Hall–Kier alpha value is -1.21. The molecule has 26 heavy (non-hydrogen) atoms. The topological polar surface area (TPSA) is 129 Å². The van der Waals surface area contributed by atoms with Crippen LogP contribution in [0.25, 0.3) is 0 Å². The van der Waals surface area contributed by atoms with Crippen LogP contribution in [0.15, 0.2) is 42.7 Å². The van der Waals surface area contributed by atoms with Crippen molar-refractivity contribution in [1.82, 2.24) is 4.98 Å². The van der Waals surface area contributed by atoms with Gasteiger partial charge in [0, 0.05) is 23.8 Å². The first-order valence-corrected chi connectivity index (χ1v) is 11.1. The molecule has 1 aliphatic rings. The second kappa shape index (κ2) is 6.75. The molecule has 0 spiro atoms. The molecule has 0 bridgehead atoms. The number of pyridine rings is 1. The zero-order valence-corrected chi connectivity index (χ0v) is 15.8. The summed E-state index contributed by atoms with van der Waals surface area (Å²) >= 11 is 5.86.